The molecule has 17 heavy (non-hydrogen) atoms. The molecule has 1 aromatic rings. The van der Waals surface area contributed by atoms with Gasteiger partial charge in [-0.1, -0.05) is 41.9 Å². The lowest BCUT2D eigenvalue weighted by Gasteiger charge is -2.24. The molecule has 0 saturated heterocycles. The number of hydrogen-bond acceptors (Lipinski definition) is 2. The zero-order chi connectivity index (χ0) is 12.7. The van der Waals surface area contributed by atoms with E-state index in [0.29, 0.717) is 0 Å². The third kappa shape index (κ3) is 6.20. The van der Waals surface area contributed by atoms with Crippen LogP contribution in [-0.4, -0.2) is 18.3 Å². The normalized spacial score (nSPS) is 11.8. The molecule has 0 heterocycles. The van der Waals surface area contributed by atoms with Crippen molar-refractivity contribution in [2.24, 2.45) is 5.41 Å². The van der Waals surface area contributed by atoms with E-state index in [1.165, 1.54) is 5.56 Å². The summed E-state index contributed by atoms with van der Waals surface area (Å²) >= 11 is 3.43. The van der Waals surface area contributed by atoms with Crippen molar-refractivity contribution < 1.29 is 5.11 Å². The van der Waals surface area contributed by atoms with Crippen LogP contribution in [0.15, 0.2) is 28.7 Å². The van der Waals surface area contributed by atoms with E-state index in [-0.39, 0.29) is 12.0 Å². The lowest BCUT2D eigenvalue weighted by molar-refractivity contribution is 0.236. The third-order valence-corrected chi connectivity index (χ3v) is 3.39. The number of aliphatic hydroxyl groups excluding tert-OH is 1. The Morgan fingerprint density at radius 2 is 1.88 bits per heavy atom. The SMILES string of the molecule is CC(C)(CCCO)CNCc1ccc(Br)cc1. The summed E-state index contributed by atoms with van der Waals surface area (Å²) in [5.41, 5.74) is 1.55. The summed E-state index contributed by atoms with van der Waals surface area (Å²) in [5, 5.41) is 12.3. The molecule has 0 radical (unpaired) electrons. The first-order valence-corrected chi connectivity index (χ1v) is 6.89. The second-order valence-corrected chi connectivity index (χ2v) is 6.14. The average molecular weight is 300 g/mol. The predicted molar refractivity (Wildman–Crippen MR) is 75.9 cm³/mol. The highest BCUT2D eigenvalue weighted by Crippen LogP contribution is 2.21. The molecule has 0 aliphatic heterocycles. The van der Waals surface area contributed by atoms with Gasteiger partial charge in [0, 0.05) is 24.2 Å². The summed E-state index contributed by atoms with van der Waals surface area (Å²) < 4.78 is 1.12. The van der Waals surface area contributed by atoms with Crippen molar-refractivity contribution in [2.75, 3.05) is 13.2 Å². The van der Waals surface area contributed by atoms with E-state index in [0.717, 1.165) is 30.4 Å². The van der Waals surface area contributed by atoms with E-state index in [1.807, 2.05) is 0 Å². The molecule has 0 aliphatic carbocycles. The van der Waals surface area contributed by atoms with Crippen LogP contribution in [0, 0.1) is 5.41 Å². The molecule has 0 fully saturated rings. The average Bonchev–Trinajstić information content (AvgIpc) is 2.29. The van der Waals surface area contributed by atoms with Gasteiger partial charge in [0.05, 0.1) is 0 Å². The van der Waals surface area contributed by atoms with Crippen LogP contribution in [0.4, 0.5) is 0 Å². The van der Waals surface area contributed by atoms with Crippen molar-refractivity contribution in [3.05, 3.63) is 34.3 Å². The van der Waals surface area contributed by atoms with Crippen molar-refractivity contribution in [2.45, 2.75) is 33.2 Å². The number of nitrogens with one attached hydrogen (secondary N) is 1. The van der Waals surface area contributed by atoms with E-state index < -0.39 is 0 Å². The van der Waals surface area contributed by atoms with Gasteiger partial charge in [-0.15, -0.1) is 0 Å². The van der Waals surface area contributed by atoms with Gasteiger partial charge in [-0.05, 0) is 36.0 Å². The second kappa shape index (κ2) is 7.14. The molecule has 0 atom stereocenters. The zero-order valence-corrected chi connectivity index (χ0v) is 12.3. The van der Waals surface area contributed by atoms with Crippen LogP contribution >= 0.6 is 15.9 Å². The Morgan fingerprint density at radius 1 is 1.24 bits per heavy atom. The maximum atomic E-state index is 8.83. The highest BCUT2D eigenvalue weighted by molar-refractivity contribution is 9.10. The predicted octanol–water partition coefficient (Wildman–Crippen LogP) is 3.34. The molecule has 0 aromatic heterocycles. The van der Waals surface area contributed by atoms with E-state index in [2.05, 4.69) is 59.4 Å². The van der Waals surface area contributed by atoms with Crippen LogP contribution in [0.25, 0.3) is 0 Å². The van der Waals surface area contributed by atoms with Crippen LogP contribution < -0.4 is 5.32 Å². The molecular formula is C14H22BrNO. The molecule has 1 rings (SSSR count). The Morgan fingerprint density at radius 3 is 2.47 bits per heavy atom. The summed E-state index contributed by atoms with van der Waals surface area (Å²) in [6.45, 7) is 6.63. The van der Waals surface area contributed by atoms with Gasteiger partial charge < -0.3 is 10.4 Å². The Labute approximate surface area is 113 Å². The molecule has 2 N–H and O–H groups in total. The van der Waals surface area contributed by atoms with E-state index in [9.17, 15) is 0 Å². The highest BCUT2D eigenvalue weighted by atomic mass is 79.9. The minimum absolute atomic E-state index is 0.248. The monoisotopic (exact) mass is 299 g/mol. The van der Waals surface area contributed by atoms with Gasteiger partial charge in [-0.3, -0.25) is 0 Å². The zero-order valence-electron chi connectivity index (χ0n) is 10.7. The second-order valence-electron chi connectivity index (χ2n) is 5.22. The van der Waals surface area contributed by atoms with Crippen molar-refractivity contribution in [3.8, 4) is 0 Å². The fraction of sp³-hybridized carbons (Fsp3) is 0.571. The minimum Gasteiger partial charge on any atom is -0.396 e. The fourth-order valence-corrected chi connectivity index (χ4v) is 2.06. The first-order chi connectivity index (χ1) is 8.03. The first kappa shape index (κ1) is 14.7. The number of hydrogen-bond donors (Lipinski definition) is 2. The fourth-order valence-electron chi connectivity index (χ4n) is 1.79. The van der Waals surface area contributed by atoms with E-state index in [1.54, 1.807) is 0 Å². The Hall–Kier alpha value is -0.380. The topological polar surface area (TPSA) is 32.3 Å². The van der Waals surface area contributed by atoms with Gasteiger partial charge in [0.2, 0.25) is 0 Å². The van der Waals surface area contributed by atoms with Gasteiger partial charge in [0.1, 0.15) is 0 Å². The van der Waals surface area contributed by atoms with Gasteiger partial charge in [0.25, 0.3) is 0 Å². The first-order valence-electron chi connectivity index (χ1n) is 6.09. The van der Waals surface area contributed by atoms with Crippen molar-refractivity contribution >= 4 is 15.9 Å². The summed E-state index contributed by atoms with van der Waals surface area (Å²) in [6.07, 6.45) is 1.93. The standard InChI is InChI=1S/C14H22BrNO/c1-14(2,8-3-9-17)11-16-10-12-4-6-13(15)7-5-12/h4-7,16-17H,3,8-11H2,1-2H3. The Balaban J connectivity index is 2.29. The van der Waals surface area contributed by atoms with Crippen LogP contribution in [0.2, 0.25) is 0 Å². The summed E-state index contributed by atoms with van der Waals surface area (Å²) in [6, 6.07) is 8.37. The molecule has 0 aliphatic rings. The molecule has 0 unspecified atom stereocenters. The van der Waals surface area contributed by atoms with Gasteiger partial charge in [-0.2, -0.15) is 0 Å². The smallest absolute Gasteiger partial charge is 0.0431 e. The molecule has 3 heteroatoms. The third-order valence-electron chi connectivity index (χ3n) is 2.86. The number of halogens is 1. The molecular weight excluding hydrogens is 278 g/mol. The van der Waals surface area contributed by atoms with E-state index >= 15 is 0 Å². The molecule has 0 amide bonds. The lowest BCUT2D eigenvalue weighted by atomic mass is 9.88. The van der Waals surface area contributed by atoms with Crippen molar-refractivity contribution in [1.82, 2.24) is 5.32 Å². The lowest BCUT2D eigenvalue weighted by Crippen LogP contribution is -2.29. The Bertz CT molecular complexity index is 321. The number of rotatable bonds is 7. The summed E-state index contributed by atoms with van der Waals surface area (Å²) in [4.78, 5) is 0. The maximum Gasteiger partial charge on any atom is 0.0431 e. The summed E-state index contributed by atoms with van der Waals surface area (Å²) in [5.74, 6) is 0. The highest BCUT2D eigenvalue weighted by Gasteiger charge is 2.16. The summed E-state index contributed by atoms with van der Waals surface area (Å²) in [7, 11) is 0. The molecule has 96 valence electrons. The van der Waals surface area contributed by atoms with Gasteiger partial charge in [-0.25, -0.2) is 0 Å². The van der Waals surface area contributed by atoms with Crippen molar-refractivity contribution in [1.29, 1.82) is 0 Å². The number of benzene rings is 1. The molecule has 1 aromatic carbocycles. The van der Waals surface area contributed by atoms with E-state index in [4.69, 9.17) is 5.11 Å². The van der Waals surface area contributed by atoms with Gasteiger partial charge >= 0.3 is 0 Å². The quantitative estimate of drug-likeness (QED) is 0.809. The van der Waals surface area contributed by atoms with Crippen LogP contribution in [-0.2, 0) is 6.54 Å². The van der Waals surface area contributed by atoms with Crippen LogP contribution in [0.3, 0.4) is 0 Å². The molecule has 0 saturated carbocycles. The maximum absolute atomic E-state index is 8.83. The molecule has 2 nitrogen and oxygen atoms in total. The largest absolute Gasteiger partial charge is 0.396 e. The Kier molecular flexibility index (Phi) is 6.17. The van der Waals surface area contributed by atoms with Crippen LogP contribution in [0.5, 0.6) is 0 Å². The van der Waals surface area contributed by atoms with Crippen molar-refractivity contribution in [3.63, 3.8) is 0 Å². The van der Waals surface area contributed by atoms with Crippen LogP contribution in [0.1, 0.15) is 32.3 Å². The molecule has 0 bridgehead atoms. The van der Waals surface area contributed by atoms with Gasteiger partial charge in [0.15, 0.2) is 0 Å². The molecule has 0 spiro atoms. The minimum atomic E-state index is 0.248. The number of aliphatic hydroxyl groups is 1.